The lowest BCUT2D eigenvalue weighted by atomic mass is 10.00. The molecule has 2 amide bonds. The standard InChI is InChI=1S/C20H29N3O2/c1-25-17-8-5-9-22(14-17)20(24)23-12-15(13-23)11-21-19-10-18(19)16-6-3-2-4-7-16/h2-4,6-7,15,17-19,21H,5,8-14H2,1H3/t17?,18-,19+/m0/s1. The van der Waals surface area contributed by atoms with E-state index in [0.717, 1.165) is 45.6 Å². The molecule has 1 unspecified atom stereocenters. The average Bonchev–Trinajstić information content (AvgIpc) is 3.40. The number of nitrogens with one attached hydrogen (secondary N) is 1. The minimum atomic E-state index is 0.201. The summed E-state index contributed by atoms with van der Waals surface area (Å²) < 4.78 is 5.42. The summed E-state index contributed by atoms with van der Waals surface area (Å²) in [7, 11) is 1.74. The number of carbonyl (C=O) groups is 1. The topological polar surface area (TPSA) is 44.8 Å². The SMILES string of the molecule is COC1CCCN(C(=O)N2CC(CN[C@@H]3C[C@H]3c3ccccc3)C2)C1. The summed E-state index contributed by atoms with van der Waals surface area (Å²) in [5.41, 5.74) is 1.45. The fourth-order valence-corrected chi connectivity index (χ4v) is 4.17. The molecule has 5 nitrogen and oxygen atoms in total. The predicted molar refractivity (Wildman–Crippen MR) is 97.7 cm³/mol. The van der Waals surface area contributed by atoms with Gasteiger partial charge in [0.2, 0.25) is 0 Å². The first-order valence-electron chi connectivity index (χ1n) is 9.59. The van der Waals surface area contributed by atoms with E-state index in [1.807, 2.05) is 9.80 Å². The average molecular weight is 343 g/mol. The van der Waals surface area contributed by atoms with Gasteiger partial charge in [0.1, 0.15) is 0 Å². The highest BCUT2D eigenvalue weighted by molar-refractivity contribution is 5.75. The number of hydrogen-bond acceptors (Lipinski definition) is 3. The van der Waals surface area contributed by atoms with Gasteiger partial charge in [0.05, 0.1) is 6.10 Å². The first-order chi connectivity index (χ1) is 12.2. The summed E-state index contributed by atoms with van der Waals surface area (Å²) >= 11 is 0. The number of ether oxygens (including phenoxy) is 1. The van der Waals surface area contributed by atoms with E-state index < -0.39 is 0 Å². The highest BCUT2D eigenvalue weighted by Gasteiger charge is 2.40. The molecule has 1 aromatic rings. The van der Waals surface area contributed by atoms with Crippen LogP contribution < -0.4 is 5.32 Å². The Labute approximate surface area is 150 Å². The van der Waals surface area contributed by atoms with Crippen LogP contribution in [0.2, 0.25) is 0 Å². The molecule has 3 fully saturated rings. The molecule has 3 atom stereocenters. The van der Waals surface area contributed by atoms with Gasteiger partial charge in [-0.25, -0.2) is 4.79 Å². The van der Waals surface area contributed by atoms with Crippen LogP contribution in [0, 0.1) is 5.92 Å². The maximum Gasteiger partial charge on any atom is 0.320 e. The maximum absolute atomic E-state index is 12.6. The van der Waals surface area contributed by atoms with Crippen LogP contribution in [0.3, 0.4) is 0 Å². The molecule has 0 radical (unpaired) electrons. The van der Waals surface area contributed by atoms with Gasteiger partial charge >= 0.3 is 6.03 Å². The predicted octanol–water partition coefficient (Wildman–Crippen LogP) is 2.29. The van der Waals surface area contributed by atoms with Crippen LogP contribution in [-0.2, 0) is 4.74 Å². The Balaban J connectivity index is 1.16. The smallest absolute Gasteiger partial charge is 0.320 e. The zero-order valence-corrected chi connectivity index (χ0v) is 15.1. The Morgan fingerprint density at radius 3 is 2.76 bits per heavy atom. The molecule has 25 heavy (non-hydrogen) atoms. The van der Waals surface area contributed by atoms with E-state index in [0.29, 0.717) is 17.9 Å². The minimum absolute atomic E-state index is 0.201. The monoisotopic (exact) mass is 343 g/mol. The van der Waals surface area contributed by atoms with Crippen LogP contribution in [0.1, 0.15) is 30.7 Å². The molecule has 1 aliphatic carbocycles. The molecule has 0 bridgehead atoms. The number of methoxy groups -OCH3 is 1. The zero-order valence-electron chi connectivity index (χ0n) is 15.1. The Hall–Kier alpha value is -1.59. The van der Waals surface area contributed by atoms with Crippen molar-refractivity contribution in [1.82, 2.24) is 15.1 Å². The number of nitrogens with zero attached hydrogens (tertiary/aromatic N) is 2. The normalized spacial score (nSPS) is 29.4. The van der Waals surface area contributed by atoms with Gasteiger partial charge in [0.15, 0.2) is 0 Å². The number of piperidine rings is 1. The molecule has 1 N–H and O–H groups in total. The Kier molecular flexibility index (Phi) is 4.95. The number of likely N-dealkylation sites (tertiary alicyclic amines) is 2. The van der Waals surface area contributed by atoms with Crippen molar-refractivity contribution in [3.63, 3.8) is 0 Å². The van der Waals surface area contributed by atoms with E-state index in [1.165, 1.54) is 12.0 Å². The second-order valence-corrected chi connectivity index (χ2v) is 7.77. The number of benzene rings is 1. The van der Waals surface area contributed by atoms with Crippen LogP contribution in [0.5, 0.6) is 0 Å². The third kappa shape index (κ3) is 3.82. The number of urea groups is 1. The second kappa shape index (κ2) is 7.34. The van der Waals surface area contributed by atoms with Crippen LogP contribution in [-0.4, -0.2) is 67.8 Å². The van der Waals surface area contributed by atoms with Gasteiger partial charge in [0, 0.05) is 57.7 Å². The molecule has 0 spiro atoms. The van der Waals surface area contributed by atoms with Crippen LogP contribution in [0.25, 0.3) is 0 Å². The molecule has 2 saturated heterocycles. The largest absolute Gasteiger partial charge is 0.380 e. The number of hydrogen-bond donors (Lipinski definition) is 1. The van der Waals surface area contributed by atoms with Crippen molar-refractivity contribution < 1.29 is 9.53 Å². The van der Waals surface area contributed by atoms with Crippen molar-refractivity contribution >= 4 is 6.03 Å². The fraction of sp³-hybridized carbons (Fsp3) is 0.650. The van der Waals surface area contributed by atoms with Crippen molar-refractivity contribution in [2.75, 3.05) is 39.8 Å². The van der Waals surface area contributed by atoms with Crippen LogP contribution in [0.4, 0.5) is 4.79 Å². The number of amides is 2. The van der Waals surface area contributed by atoms with E-state index in [1.54, 1.807) is 7.11 Å². The lowest BCUT2D eigenvalue weighted by molar-refractivity contribution is 0.0254. The quantitative estimate of drug-likeness (QED) is 0.892. The lowest BCUT2D eigenvalue weighted by Gasteiger charge is -2.43. The van der Waals surface area contributed by atoms with Crippen LogP contribution in [0.15, 0.2) is 30.3 Å². The summed E-state index contributed by atoms with van der Waals surface area (Å²) in [6.45, 7) is 4.43. The van der Waals surface area contributed by atoms with Crippen LogP contribution >= 0.6 is 0 Å². The molecule has 5 heteroatoms. The molecule has 1 saturated carbocycles. The Morgan fingerprint density at radius 2 is 2.00 bits per heavy atom. The molecule has 4 rings (SSSR count). The molecule has 3 aliphatic rings. The molecule has 0 aromatic heterocycles. The van der Waals surface area contributed by atoms with Gasteiger partial charge in [-0.2, -0.15) is 0 Å². The minimum Gasteiger partial charge on any atom is -0.380 e. The molecule has 2 heterocycles. The van der Waals surface area contributed by atoms with Gasteiger partial charge in [-0.1, -0.05) is 30.3 Å². The van der Waals surface area contributed by atoms with Gasteiger partial charge < -0.3 is 19.9 Å². The summed E-state index contributed by atoms with van der Waals surface area (Å²) in [5, 5.41) is 3.69. The molecule has 2 aliphatic heterocycles. The van der Waals surface area contributed by atoms with Crippen molar-refractivity contribution in [1.29, 1.82) is 0 Å². The van der Waals surface area contributed by atoms with E-state index in [-0.39, 0.29) is 12.1 Å². The third-order valence-corrected chi connectivity index (χ3v) is 5.90. The molecule has 1 aromatic carbocycles. The zero-order chi connectivity index (χ0) is 17.2. The van der Waals surface area contributed by atoms with Gasteiger partial charge in [-0.15, -0.1) is 0 Å². The van der Waals surface area contributed by atoms with Crippen molar-refractivity contribution in [3.8, 4) is 0 Å². The highest BCUT2D eigenvalue weighted by Crippen LogP contribution is 2.40. The lowest BCUT2D eigenvalue weighted by Crippen LogP contribution is -2.59. The first-order valence-corrected chi connectivity index (χ1v) is 9.59. The van der Waals surface area contributed by atoms with E-state index in [2.05, 4.69) is 35.6 Å². The fourth-order valence-electron chi connectivity index (χ4n) is 4.17. The molecular weight excluding hydrogens is 314 g/mol. The molecular formula is C20H29N3O2. The Morgan fingerprint density at radius 1 is 1.20 bits per heavy atom. The number of carbonyl (C=O) groups excluding carboxylic acids is 1. The maximum atomic E-state index is 12.6. The second-order valence-electron chi connectivity index (χ2n) is 7.77. The van der Waals surface area contributed by atoms with Gasteiger partial charge in [-0.3, -0.25) is 0 Å². The summed E-state index contributed by atoms with van der Waals surface area (Å²) in [6, 6.07) is 11.6. The van der Waals surface area contributed by atoms with E-state index >= 15 is 0 Å². The first kappa shape index (κ1) is 16.9. The van der Waals surface area contributed by atoms with Crippen molar-refractivity contribution in [3.05, 3.63) is 35.9 Å². The van der Waals surface area contributed by atoms with Gasteiger partial charge in [0.25, 0.3) is 0 Å². The molecule has 136 valence electrons. The summed E-state index contributed by atoms with van der Waals surface area (Å²) in [5.74, 6) is 1.28. The van der Waals surface area contributed by atoms with E-state index in [4.69, 9.17) is 4.74 Å². The van der Waals surface area contributed by atoms with Crippen molar-refractivity contribution in [2.24, 2.45) is 5.92 Å². The van der Waals surface area contributed by atoms with Crippen molar-refractivity contribution in [2.45, 2.75) is 37.3 Å². The number of rotatable bonds is 5. The third-order valence-electron chi connectivity index (χ3n) is 5.90. The summed E-state index contributed by atoms with van der Waals surface area (Å²) in [6.07, 6.45) is 3.56. The Bertz CT molecular complexity index is 588. The van der Waals surface area contributed by atoms with Gasteiger partial charge in [-0.05, 0) is 24.8 Å². The highest BCUT2D eigenvalue weighted by atomic mass is 16.5. The summed E-state index contributed by atoms with van der Waals surface area (Å²) in [4.78, 5) is 16.5. The van der Waals surface area contributed by atoms with E-state index in [9.17, 15) is 4.79 Å².